The standard InChI is InChI=1S/C13H26N2O2/c1-13(2)3-4-14(7-10-16)5-6-15-8-11-17-12-9-15/h3,16H,4-12H2,1-2H3. The Morgan fingerprint density at radius 3 is 2.59 bits per heavy atom. The predicted octanol–water partition coefficient (Wildman–Crippen LogP) is 0.579. The number of hydrogen-bond acceptors (Lipinski definition) is 4. The van der Waals surface area contributed by atoms with Crippen LogP contribution in [0.1, 0.15) is 13.8 Å². The van der Waals surface area contributed by atoms with Crippen molar-refractivity contribution < 1.29 is 9.84 Å². The molecule has 0 bridgehead atoms. The van der Waals surface area contributed by atoms with Crippen LogP contribution >= 0.6 is 0 Å². The van der Waals surface area contributed by atoms with Gasteiger partial charge in [-0.1, -0.05) is 11.6 Å². The van der Waals surface area contributed by atoms with Crippen molar-refractivity contribution in [3.8, 4) is 0 Å². The van der Waals surface area contributed by atoms with Gasteiger partial charge in [-0.2, -0.15) is 0 Å². The summed E-state index contributed by atoms with van der Waals surface area (Å²) in [7, 11) is 0. The second-order valence-corrected chi connectivity index (χ2v) is 4.76. The molecule has 1 N–H and O–H groups in total. The molecule has 0 spiro atoms. The summed E-state index contributed by atoms with van der Waals surface area (Å²) in [6, 6.07) is 0. The Morgan fingerprint density at radius 2 is 2.00 bits per heavy atom. The molecule has 0 amide bonds. The molecule has 0 aromatic rings. The van der Waals surface area contributed by atoms with E-state index >= 15 is 0 Å². The van der Waals surface area contributed by atoms with Gasteiger partial charge < -0.3 is 9.84 Å². The van der Waals surface area contributed by atoms with Gasteiger partial charge in [0.1, 0.15) is 0 Å². The fourth-order valence-corrected chi connectivity index (χ4v) is 1.86. The van der Waals surface area contributed by atoms with Gasteiger partial charge >= 0.3 is 0 Å². The minimum Gasteiger partial charge on any atom is -0.395 e. The van der Waals surface area contributed by atoms with Crippen molar-refractivity contribution >= 4 is 0 Å². The number of nitrogens with zero attached hydrogens (tertiary/aromatic N) is 2. The summed E-state index contributed by atoms with van der Waals surface area (Å²) in [6.45, 7) is 12.0. The summed E-state index contributed by atoms with van der Waals surface area (Å²) < 4.78 is 5.33. The summed E-state index contributed by atoms with van der Waals surface area (Å²) in [4.78, 5) is 4.72. The second kappa shape index (κ2) is 8.64. The molecule has 0 unspecified atom stereocenters. The highest BCUT2D eigenvalue weighted by atomic mass is 16.5. The summed E-state index contributed by atoms with van der Waals surface area (Å²) in [5, 5.41) is 9.04. The number of morpholine rings is 1. The van der Waals surface area contributed by atoms with Crippen LogP contribution < -0.4 is 0 Å². The maximum absolute atomic E-state index is 9.04. The topological polar surface area (TPSA) is 35.9 Å². The lowest BCUT2D eigenvalue weighted by molar-refractivity contribution is 0.0331. The number of allylic oxidation sites excluding steroid dienone is 1. The number of hydrogen-bond donors (Lipinski definition) is 1. The van der Waals surface area contributed by atoms with E-state index in [-0.39, 0.29) is 6.61 Å². The zero-order valence-electron chi connectivity index (χ0n) is 11.2. The molecule has 0 atom stereocenters. The van der Waals surface area contributed by atoms with Gasteiger partial charge in [0.2, 0.25) is 0 Å². The van der Waals surface area contributed by atoms with E-state index in [1.54, 1.807) is 0 Å². The van der Waals surface area contributed by atoms with Crippen LogP contribution in [0.3, 0.4) is 0 Å². The van der Waals surface area contributed by atoms with E-state index < -0.39 is 0 Å². The van der Waals surface area contributed by atoms with Gasteiger partial charge in [-0.05, 0) is 13.8 Å². The van der Waals surface area contributed by atoms with Gasteiger partial charge in [-0.25, -0.2) is 0 Å². The molecular formula is C13H26N2O2. The Morgan fingerprint density at radius 1 is 1.29 bits per heavy atom. The van der Waals surface area contributed by atoms with Gasteiger partial charge in [-0.15, -0.1) is 0 Å². The molecule has 1 rings (SSSR count). The first-order valence-electron chi connectivity index (χ1n) is 6.49. The largest absolute Gasteiger partial charge is 0.395 e. The predicted molar refractivity (Wildman–Crippen MR) is 70.2 cm³/mol. The average molecular weight is 242 g/mol. The Hall–Kier alpha value is -0.420. The Kier molecular flexibility index (Phi) is 7.44. The normalized spacial score (nSPS) is 17.4. The number of rotatable bonds is 7. The molecule has 1 aliphatic heterocycles. The highest BCUT2D eigenvalue weighted by Gasteiger charge is 2.11. The van der Waals surface area contributed by atoms with Crippen molar-refractivity contribution in [2.24, 2.45) is 0 Å². The lowest BCUT2D eigenvalue weighted by Gasteiger charge is -2.29. The molecule has 100 valence electrons. The summed E-state index contributed by atoms with van der Waals surface area (Å²) in [5.74, 6) is 0. The SMILES string of the molecule is CC(C)=CCN(CCO)CCN1CCOCC1. The Balaban J connectivity index is 2.24. The fourth-order valence-electron chi connectivity index (χ4n) is 1.86. The minimum absolute atomic E-state index is 0.236. The monoisotopic (exact) mass is 242 g/mol. The zero-order chi connectivity index (χ0) is 12.5. The van der Waals surface area contributed by atoms with Crippen molar-refractivity contribution in [2.45, 2.75) is 13.8 Å². The molecule has 0 saturated carbocycles. The van der Waals surface area contributed by atoms with Crippen LogP contribution in [0.15, 0.2) is 11.6 Å². The fraction of sp³-hybridized carbons (Fsp3) is 0.846. The highest BCUT2D eigenvalue weighted by molar-refractivity contribution is 4.95. The highest BCUT2D eigenvalue weighted by Crippen LogP contribution is 1.99. The molecule has 1 heterocycles. The van der Waals surface area contributed by atoms with Gasteiger partial charge in [-0.3, -0.25) is 9.80 Å². The second-order valence-electron chi connectivity index (χ2n) is 4.76. The quantitative estimate of drug-likeness (QED) is 0.663. The molecule has 0 aliphatic carbocycles. The van der Waals surface area contributed by atoms with E-state index in [0.717, 1.165) is 52.5 Å². The lowest BCUT2D eigenvalue weighted by Crippen LogP contribution is -2.42. The first-order chi connectivity index (χ1) is 8.22. The Labute approximate surface area is 105 Å². The maximum Gasteiger partial charge on any atom is 0.0594 e. The molecular weight excluding hydrogens is 216 g/mol. The van der Waals surface area contributed by atoms with Crippen LogP contribution in [0.5, 0.6) is 0 Å². The zero-order valence-corrected chi connectivity index (χ0v) is 11.2. The van der Waals surface area contributed by atoms with E-state index in [1.165, 1.54) is 5.57 Å². The van der Waals surface area contributed by atoms with Crippen molar-refractivity contribution in [3.63, 3.8) is 0 Å². The first-order valence-corrected chi connectivity index (χ1v) is 6.49. The van der Waals surface area contributed by atoms with Gasteiger partial charge in [0.05, 0.1) is 19.8 Å². The van der Waals surface area contributed by atoms with Gasteiger partial charge in [0, 0.05) is 39.3 Å². The number of aliphatic hydroxyl groups is 1. The van der Waals surface area contributed by atoms with E-state index in [0.29, 0.717) is 0 Å². The molecule has 1 aliphatic rings. The third kappa shape index (κ3) is 6.78. The molecule has 0 radical (unpaired) electrons. The van der Waals surface area contributed by atoms with Crippen LogP contribution in [-0.2, 0) is 4.74 Å². The average Bonchev–Trinajstić information content (AvgIpc) is 2.34. The lowest BCUT2D eigenvalue weighted by atomic mass is 10.3. The summed E-state index contributed by atoms with van der Waals surface area (Å²) in [6.07, 6.45) is 2.22. The molecule has 1 fully saturated rings. The van der Waals surface area contributed by atoms with E-state index in [4.69, 9.17) is 9.84 Å². The minimum atomic E-state index is 0.236. The van der Waals surface area contributed by atoms with E-state index in [2.05, 4.69) is 29.7 Å². The van der Waals surface area contributed by atoms with Crippen molar-refractivity contribution in [1.29, 1.82) is 0 Å². The van der Waals surface area contributed by atoms with Crippen LogP contribution in [0.25, 0.3) is 0 Å². The molecule has 1 saturated heterocycles. The molecule has 4 heteroatoms. The smallest absolute Gasteiger partial charge is 0.0594 e. The first kappa shape index (κ1) is 14.6. The maximum atomic E-state index is 9.04. The molecule has 4 nitrogen and oxygen atoms in total. The van der Waals surface area contributed by atoms with E-state index in [9.17, 15) is 0 Å². The third-order valence-electron chi connectivity index (χ3n) is 3.01. The van der Waals surface area contributed by atoms with Crippen molar-refractivity contribution in [3.05, 3.63) is 11.6 Å². The summed E-state index contributed by atoms with van der Waals surface area (Å²) in [5.41, 5.74) is 1.33. The third-order valence-corrected chi connectivity index (χ3v) is 3.01. The molecule has 17 heavy (non-hydrogen) atoms. The van der Waals surface area contributed by atoms with Crippen LogP contribution in [0.4, 0.5) is 0 Å². The van der Waals surface area contributed by atoms with E-state index in [1.807, 2.05) is 0 Å². The van der Waals surface area contributed by atoms with Crippen LogP contribution in [0.2, 0.25) is 0 Å². The van der Waals surface area contributed by atoms with Crippen molar-refractivity contribution in [1.82, 2.24) is 9.80 Å². The van der Waals surface area contributed by atoms with Gasteiger partial charge in [0.15, 0.2) is 0 Å². The Bertz CT molecular complexity index is 221. The molecule has 0 aromatic carbocycles. The molecule has 0 aromatic heterocycles. The number of ether oxygens (including phenoxy) is 1. The van der Waals surface area contributed by atoms with Crippen LogP contribution in [0, 0.1) is 0 Å². The van der Waals surface area contributed by atoms with Crippen LogP contribution in [-0.4, -0.2) is 74.0 Å². The van der Waals surface area contributed by atoms with Crippen molar-refractivity contribution in [2.75, 3.05) is 59.1 Å². The van der Waals surface area contributed by atoms with Gasteiger partial charge in [0.25, 0.3) is 0 Å². The summed E-state index contributed by atoms with van der Waals surface area (Å²) >= 11 is 0. The number of aliphatic hydroxyl groups excluding tert-OH is 1.